The highest BCUT2D eigenvalue weighted by atomic mass is 35.5. The molecule has 2 rings (SSSR count). The fourth-order valence-corrected chi connectivity index (χ4v) is 3.21. The number of hydrogen-bond acceptors (Lipinski definition) is 3. The smallest absolute Gasteiger partial charge is 0.267 e. The molecule has 112 valence electrons. The average molecular weight is 353 g/mol. The molecule has 0 radical (unpaired) electrons. The van der Waals surface area contributed by atoms with Gasteiger partial charge in [-0.05, 0) is 24.3 Å². The summed E-state index contributed by atoms with van der Waals surface area (Å²) in [7, 11) is -4.53. The lowest BCUT2D eigenvalue weighted by molar-refractivity contribution is 0.522. The van der Waals surface area contributed by atoms with Crippen molar-refractivity contribution >= 4 is 44.6 Å². The van der Waals surface area contributed by atoms with Gasteiger partial charge in [0.25, 0.3) is 10.0 Å². The van der Waals surface area contributed by atoms with Crippen LogP contribution in [-0.2, 0) is 10.0 Å². The van der Waals surface area contributed by atoms with Crippen LogP contribution in [0.3, 0.4) is 0 Å². The minimum Gasteiger partial charge on any atom is -0.399 e. The zero-order valence-electron chi connectivity index (χ0n) is 10.2. The normalized spacial score (nSPS) is 11.4. The van der Waals surface area contributed by atoms with Gasteiger partial charge in [-0.3, -0.25) is 4.72 Å². The number of rotatable bonds is 3. The van der Waals surface area contributed by atoms with Crippen LogP contribution in [0, 0.1) is 11.6 Å². The summed E-state index contributed by atoms with van der Waals surface area (Å²) < 4.78 is 53.5. The minimum absolute atomic E-state index is 0.0843. The van der Waals surface area contributed by atoms with Gasteiger partial charge in [-0.25, -0.2) is 17.2 Å². The third-order valence-corrected chi connectivity index (χ3v) is 4.72. The third-order valence-electron chi connectivity index (χ3n) is 2.49. The maximum atomic E-state index is 13.7. The molecule has 2 aromatic rings. The van der Waals surface area contributed by atoms with Gasteiger partial charge >= 0.3 is 0 Å². The minimum atomic E-state index is -4.53. The van der Waals surface area contributed by atoms with Gasteiger partial charge in [-0.1, -0.05) is 29.3 Å². The number of hydrogen-bond donors (Lipinski definition) is 2. The standard InChI is InChI=1S/C12H8Cl2F2N2O2S/c13-7-2-1-3-10(11(7)14)18-21(19,20)12-8(15)4-6(17)5-9(12)16/h1-5,18H,17H2. The highest BCUT2D eigenvalue weighted by Gasteiger charge is 2.25. The Labute approximate surface area is 129 Å². The fraction of sp³-hybridized carbons (Fsp3) is 0. The van der Waals surface area contributed by atoms with E-state index in [1.54, 1.807) is 0 Å². The predicted octanol–water partition coefficient (Wildman–Crippen LogP) is 3.65. The second-order valence-corrected chi connectivity index (χ2v) is 6.42. The van der Waals surface area contributed by atoms with E-state index in [0.29, 0.717) is 12.1 Å². The highest BCUT2D eigenvalue weighted by molar-refractivity contribution is 7.92. The van der Waals surface area contributed by atoms with Crippen molar-refractivity contribution in [2.24, 2.45) is 0 Å². The Morgan fingerprint density at radius 2 is 1.67 bits per heavy atom. The van der Waals surface area contributed by atoms with Crippen molar-refractivity contribution in [3.8, 4) is 0 Å². The SMILES string of the molecule is Nc1cc(F)c(S(=O)(=O)Nc2cccc(Cl)c2Cl)c(F)c1. The van der Waals surface area contributed by atoms with Crippen LogP contribution in [0.15, 0.2) is 35.2 Å². The molecule has 0 spiro atoms. The number of halogens is 4. The third kappa shape index (κ3) is 3.20. The van der Waals surface area contributed by atoms with Crippen molar-refractivity contribution in [3.05, 3.63) is 52.0 Å². The molecule has 2 aromatic carbocycles. The van der Waals surface area contributed by atoms with Crippen LogP contribution in [0.25, 0.3) is 0 Å². The lowest BCUT2D eigenvalue weighted by Crippen LogP contribution is -2.17. The van der Waals surface area contributed by atoms with Gasteiger partial charge in [0.05, 0.1) is 15.7 Å². The van der Waals surface area contributed by atoms with E-state index in [1.807, 2.05) is 4.72 Å². The quantitative estimate of drug-likeness (QED) is 0.828. The monoisotopic (exact) mass is 352 g/mol. The molecule has 0 bridgehead atoms. The zero-order valence-corrected chi connectivity index (χ0v) is 12.5. The molecule has 21 heavy (non-hydrogen) atoms. The van der Waals surface area contributed by atoms with E-state index in [1.165, 1.54) is 18.2 Å². The van der Waals surface area contributed by atoms with E-state index < -0.39 is 26.6 Å². The molecule has 0 heterocycles. The Bertz CT molecular complexity index is 790. The van der Waals surface area contributed by atoms with Crippen LogP contribution in [-0.4, -0.2) is 8.42 Å². The van der Waals surface area contributed by atoms with Crippen molar-refractivity contribution in [3.63, 3.8) is 0 Å². The van der Waals surface area contributed by atoms with Crippen LogP contribution in [0.2, 0.25) is 10.0 Å². The van der Waals surface area contributed by atoms with Gasteiger partial charge in [0.2, 0.25) is 0 Å². The predicted molar refractivity (Wildman–Crippen MR) is 78.0 cm³/mol. The van der Waals surface area contributed by atoms with Crippen molar-refractivity contribution in [2.75, 3.05) is 10.5 Å². The van der Waals surface area contributed by atoms with Gasteiger partial charge in [-0.15, -0.1) is 0 Å². The number of sulfonamides is 1. The Balaban J connectivity index is 2.51. The molecular formula is C12H8Cl2F2N2O2S. The number of nitrogens with two attached hydrogens (primary N) is 1. The van der Waals surface area contributed by atoms with Crippen LogP contribution >= 0.6 is 23.2 Å². The number of nitrogen functional groups attached to an aromatic ring is 1. The zero-order chi connectivity index (χ0) is 15.8. The number of anilines is 2. The number of nitrogens with one attached hydrogen (secondary N) is 1. The molecular weight excluding hydrogens is 345 g/mol. The Morgan fingerprint density at radius 3 is 2.24 bits per heavy atom. The molecule has 0 aromatic heterocycles. The average Bonchev–Trinajstić information content (AvgIpc) is 2.33. The van der Waals surface area contributed by atoms with Gasteiger partial charge in [-0.2, -0.15) is 0 Å². The van der Waals surface area contributed by atoms with Gasteiger partial charge in [0.1, 0.15) is 11.6 Å². The molecule has 0 saturated carbocycles. The van der Waals surface area contributed by atoms with E-state index >= 15 is 0 Å². The molecule has 4 nitrogen and oxygen atoms in total. The van der Waals surface area contributed by atoms with Crippen LogP contribution in [0.5, 0.6) is 0 Å². The summed E-state index contributed by atoms with van der Waals surface area (Å²) in [6.45, 7) is 0. The molecule has 0 fully saturated rings. The van der Waals surface area contributed by atoms with E-state index in [9.17, 15) is 17.2 Å². The summed E-state index contributed by atoms with van der Waals surface area (Å²) in [6.07, 6.45) is 0. The van der Waals surface area contributed by atoms with Crippen molar-refractivity contribution in [2.45, 2.75) is 4.90 Å². The lowest BCUT2D eigenvalue weighted by Gasteiger charge is -2.12. The van der Waals surface area contributed by atoms with Crippen LogP contribution < -0.4 is 10.5 Å². The van der Waals surface area contributed by atoms with Crippen molar-refractivity contribution in [1.29, 1.82) is 0 Å². The van der Waals surface area contributed by atoms with Crippen molar-refractivity contribution in [1.82, 2.24) is 0 Å². The van der Waals surface area contributed by atoms with Gasteiger partial charge < -0.3 is 5.73 Å². The fourth-order valence-electron chi connectivity index (χ4n) is 1.61. The molecule has 0 aliphatic rings. The first-order valence-corrected chi connectivity index (χ1v) is 7.67. The summed E-state index contributed by atoms with van der Waals surface area (Å²) >= 11 is 11.6. The second-order valence-electron chi connectivity index (χ2n) is 4.02. The van der Waals surface area contributed by atoms with E-state index in [4.69, 9.17) is 28.9 Å². The topological polar surface area (TPSA) is 72.2 Å². The van der Waals surface area contributed by atoms with E-state index in [0.717, 1.165) is 0 Å². The molecule has 9 heteroatoms. The molecule has 0 aliphatic carbocycles. The Hall–Kier alpha value is -1.57. The molecule has 3 N–H and O–H groups in total. The van der Waals surface area contributed by atoms with E-state index in [2.05, 4.69) is 0 Å². The first-order valence-electron chi connectivity index (χ1n) is 5.43. The van der Waals surface area contributed by atoms with Crippen LogP contribution in [0.1, 0.15) is 0 Å². The Morgan fingerprint density at radius 1 is 1.10 bits per heavy atom. The number of benzene rings is 2. The summed E-state index contributed by atoms with van der Waals surface area (Å²) in [4.78, 5) is -1.15. The van der Waals surface area contributed by atoms with Gasteiger partial charge in [0, 0.05) is 5.69 Å². The summed E-state index contributed by atoms with van der Waals surface area (Å²) in [5.74, 6) is -2.61. The molecule has 0 atom stereocenters. The first kappa shape index (κ1) is 15.8. The highest BCUT2D eigenvalue weighted by Crippen LogP contribution is 2.32. The van der Waals surface area contributed by atoms with Gasteiger partial charge in [0.15, 0.2) is 4.90 Å². The largest absolute Gasteiger partial charge is 0.399 e. The molecule has 0 saturated heterocycles. The maximum absolute atomic E-state index is 13.7. The Kier molecular flexibility index (Phi) is 4.27. The summed E-state index contributed by atoms with van der Waals surface area (Å²) in [5.41, 5.74) is 4.91. The van der Waals surface area contributed by atoms with E-state index in [-0.39, 0.29) is 21.4 Å². The summed E-state index contributed by atoms with van der Waals surface area (Å²) in [6, 6.07) is 5.58. The maximum Gasteiger partial charge on any atom is 0.267 e. The molecule has 0 aliphatic heterocycles. The lowest BCUT2D eigenvalue weighted by atomic mass is 10.3. The van der Waals surface area contributed by atoms with Crippen molar-refractivity contribution < 1.29 is 17.2 Å². The summed E-state index contributed by atoms with van der Waals surface area (Å²) in [5, 5.41) is 0.00844. The molecule has 0 unspecified atom stereocenters. The van der Waals surface area contributed by atoms with Crippen LogP contribution in [0.4, 0.5) is 20.2 Å². The second kappa shape index (κ2) is 5.67. The first-order chi connectivity index (χ1) is 9.72. The molecule has 0 amide bonds.